The van der Waals surface area contributed by atoms with Crippen LogP contribution in [0.3, 0.4) is 0 Å². The number of rotatable bonds is 4. The number of anilines is 1. The van der Waals surface area contributed by atoms with Crippen LogP contribution in [-0.2, 0) is 0 Å². The van der Waals surface area contributed by atoms with Crippen LogP contribution < -0.4 is 11.1 Å². The van der Waals surface area contributed by atoms with Crippen molar-refractivity contribution in [2.75, 3.05) is 11.9 Å². The molecule has 86 valence electrons. The topological polar surface area (TPSA) is 74.7 Å². The predicted molar refractivity (Wildman–Crippen MR) is 64.9 cm³/mol. The number of nitrogens with two attached hydrogens (primary N) is 1. The van der Waals surface area contributed by atoms with Crippen LogP contribution in [0.2, 0.25) is 0 Å². The highest BCUT2D eigenvalue weighted by Crippen LogP contribution is 2.20. The predicted octanol–water partition coefficient (Wildman–Crippen LogP) is 1.74. The summed E-state index contributed by atoms with van der Waals surface area (Å²) in [6.07, 6.45) is 1.62. The molecule has 1 atom stereocenters. The molecule has 0 fully saturated rings. The first-order valence-electron chi connectivity index (χ1n) is 5.36. The third kappa shape index (κ3) is 2.71. The maximum Gasteiger partial charge on any atom is 0.127 e. The number of nitrogens with zero attached hydrogens (tertiary/aromatic N) is 2. The molecule has 1 aromatic heterocycles. The monoisotopic (exact) mass is 218 g/mol. The van der Waals surface area contributed by atoms with E-state index in [-0.39, 0.29) is 5.54 Å². The number of pyridine rings is 1. The SMILES string of the molecule is CC(C)C(C)(CN)Nc1cc(C#N)ccn1. The summed E-state index contributed by atoms with van der Waals surface area (Å²) in [5.41, 5.74) is 6.16. The molecular weight excluding hydrogens is 200 g/mol. The highest BCUT2D eigenvalue weighted by molar-refractivity contribution is 5.44. The van der Waals surface area contributed by atoms with E-state index in [2.05, 4.69) is 37.1 Å². The molecule has 0 saturated carbocycles. The summed E-state index contributed by atoms with van der Waals surface area (Å²) in [5.74, 6) is 1.07. The van der Waals surface area contributed by atoms with Crippen LogP contribution in [0, 0.1) is 17.2 Å². The third-order valence-electron chi connectivity index (χ3n) is 3.00. The van der Waals surface area contributed by atoms with Gasteiger partial charge in [-0.2, -0.15) is 5.26 Å². The van der Waals surface area contributed by atoms with Gasteiger partial charge in [-0.3, -0.25) is 0 Å². The van der Waals surface area contributed by atoms with Gasteiger partial charge >= 0.3 is 0 Å². The van der Waals surface area contributed by atoms with Gasteiger partial charge in [0, 0.05) is 12.7 Å². The molecule has 16 heavy (non-hydrogen) atoms. The summed E-state index contributed by atoms with van der Waals surface area (Å²) in [5, 5.41) is 12.1. The number of nitriles is 1. The van der Waals surface area contributed by atoms with Crippen molar-refractivity contribution in [1.82, 2.24) is 4.98 Å². The molecule has 4 heteroatoms. The largest absolute Gasteiger partial charge is 0.363 e. The number of hydrogen-bond acceptors (Lipinski definition) is 4. The fraction of sp³-hybridized carbons (Fsp3) is 0.500. The van der Waals surface area contributed by atoms with Crippen LogP contribution in [0.15, 0.2) is 18.3 Å². The van der Waals surface area contributed by atoms with Gasteiger partial charge < -0.3 is 11.1 Å². The second kappa shape index (κ2) is 4.95. The number of hydrogen-bond donors (Lipinski definition) is 2. The number of nitrogens with one attached hydrogen (secondary N) is 1. The summed E-state index contributed by atoms with van der Waals surface area (Å²) in [6, 6.07) is 5.50. The van der Waals surface area contributed by atoms with Crippen molar-refractivity contribution in [3.8, 4) is 6.07 Å². The molecule has 1 rings (SSSR count). The van der Waals surface area contributed by atoms with Crippen molar-refractivity contribution in [1.29, 1.82) is 5.26 Å². The van der Waals surface area contributed by atoms with Gasteiger partial charge in [0.15, 0.2) is 0 Å². The lowest BCUT2D eigenvalue weighted by Gasteiger charge is -2.34. The van der Waals surface area contributed by atoms with Crippen molar-refractivity contribution in [2.45, 2.75) is 26.3 Å². The minimum absolute atomic E-state index is 0.207. The van der Waals surface area contributed by atoms with Crippen LogP contribution in [0.1, 0.15) is 26.3 Å². The first-order chi connectivity index (χ1) is 7.51. The van der Waals surface area contributed by atoms with Crippen LogP contribution in [0.25, 0.3) is 0 Å². The average Bonchev–Trinajstić information content (AvgIpc) is 2.29. The van der Waals surface area contributed by atoms with Gasteiger partial charge in [-0.15, -0.1) is 0 Å². The van der Waals surface area contributed by atoms with E-state index in [9.17, 15) is 0 Å². The average molecular weight is 218 g/mol. The van der Waals surface area contributed by atoms with Gasteiger partial charge in [-0.25, -0.2) is 4.98 Å². The molecule has 0 aliphatic heterocycles. The summed E-state index contributed by atoms with van der Waals surface area (Å²) in [6.45, 7) is 6.78. The fourth-order valence-electron chi connectivity index (χ4n) is 1.29. The highest BCUT2D eigenvalue weighted by atomic mass is 15.1. The summed E-state index contributed by atoms with van der Waals surface area (Å²) in [4.78, 5) is 4.18. The zero-order valence-electron chi connectivity index (χ0n) is 9.99. The summed E-state index contributed by atoms with van der Waals surface area (Å²) >= 11 is 0. The van der Waals surface area contributed by atoms with E-state index in [1.54, 1.807) is 18.3 Å². The van der Waals surface area contributed by atoms with Gasteiger partial charge in [0.25, 0.3) is 0 Å². The molecule has 1 unspecified atom stereocenters. The van der Waals surface area contributed by atoms with Gasteiger partial charge in [-0.05, 0) is 25.0 Å². The minimum Gasteiger partial charge on any atom is -0.363 e. The van der Waals surface area contributed by atoms with E-state index in [0.717, 1.165) is 0 Å². The Morgan fingerprint density at radius 1 is 1.62 bits per heavy atom. The summed E-state index contributed by atoms with van der Waals surface area (Å²) < 4.78 is 0. The van der Waals surface area contributed by atoms with Crippen LogP contribution in [-0.4, -0.2) is 17.1 Å². The van der Waals surface area contributed by atoms with Gasteiger partial charge in [0.1, 0.15) is 5.82 Å². The van der Waals surface area contributed by atoms with E-state index in [1.807, 2.05) is 0 Å². The van der Waals surface area contributed by atoms with Crippen LogP contribution in [0.4, 0.5) is 5.82 Å². The summed E-state index contributed by atoms with van der Waals surface area (Å²) in [7, 11) is 0. The Balaban J connectivity index is 2.91. The lowest BCUT2D eigenvalue weighted by Crippen LogP contribution is -2.47. The van der Waals surface area contributed by atoms with Crippen molar-refractivity contribution >= 4 is 5.82 Å². The molecule has 0 amide bonds. The zero-order valence-corrected chi connectivity index (χ0v) is 9.99. The Labute approximate surface area is 96.5 Å². The Bertz CT molecular complexity index is 394. The molecule has 0 aromatic carbocycles. The van der Waals surface area contributed by atoms with E-state index in [1.165, 1.54) is 0 Å². The van der Waals surface area contributed by atoms with Crippen LogP contribution in [0.5, 0.6) is 0 Å². The minimum atomic E-state index is -0.207. The maximum absolute atomic E-state index is 8.80. The molecule has 0 spiro atoms. The lowest BCUT2D eigenvalue weighted by molar-refractivity contribution is 0.381. The molecule has 0 aliphatic rings. The normalized spacial score (nSPS) is 14.2. The van der Waals surface area contributed by atoms with Crippen molar-refractivity contribution in [3.05, 3.63) is 23.9 Å². The molecule has 0 radical (unpaired) electrons. The van der Waals surface area contributed by atoms with Crippen molar-refractivity contribution in [2.24, 2.45) is 11.7 Å². The van der Waals surface area contributed by atoms with E-state index in [4.69, 9.17) is 11.0 Å². The quantitative estimate of drug-likeness (QED) is 0.807. The van der Waals surface area contributed by atoms with Crippen LogP contribution >= 0.6 is 0 Å². The van der Waals surface area contributed by atoms with Crippen molar-refractivity contribution in [3.63, 3.8) is 0 Å². The molecule has 0 bridgehead atoms. The lowest BCUT2D eigenvalue weighted by atomic mass is 9.88. The second-order valence-electron chi connectivity index (χ2n) is 4.44. The number of aromatic nitrogens is 1. The maximum atomic E-state index is 8.80. The Morgan fingerprint density at radius 2 is 2.31 bits per heavy atom. The molecule has 3 N–H and O–H groups in total. The van der Waals surface area contributed by atoms with E-state index >= 15 is 0 Å². The standard InChI is InChI=1S/C12H18N4/c1-9(2)12(3,8-14)16-11-6-10(7-13)4-5-15-11/h4-6,9H,8,14H2,1-3H3,(H,15,16). The highest BCUT2D eigenvalue weighted by Gasteiger charge is 2.26. The Kier molecular flexibility index (Phi) is 3.86. The van der Waals surface area contributed by atoms with E-state index in [0.29, 0.717) is 23.8 Å². The second-order valence-corrected chi connectivity index (χ2v) is 4.44. The molecule has 0 saturated heterocycles. The Hall–Kier alpha value is -1.60. The fourth-order valence-corrected chi connectivity index (χ4v) is 1.29. The molecule has 4 nitrogen and oxygen atoms in total. The third-order valence-corrected chi connectivity index (χ3v) is 3.00. The van der Waals surface area contributed by atoms with E-state index < -0.39 is 0 Å². The zero-order chi connectivity index (χ0) is 12.2. The molecule has 1 heterocycles. The van der Waals surface area contributed by atoms with Gasteiger partial charge in [0.2, 0.25) is 0 Å². The van der Waals surface area contributed by atoms with Crippen molar-refractivity contribution < 1.29 is 0 Å². The van der Waals surface area contributed by atoms with Gasteiger partial charge in [0.05, 0.1) is 17.2 Å². The first kappa shape index (κ1) is 12.5. The molecule has 1 aromatic rings. The smallest absolute Gasteiger partial charge is 0.127 e. The molecular formula is C12H18N4. The first-order valence-corrected chi connectivity index (χ1v) is 5.36. The van der Waals surface area contributed by atoms with Gasteiger partial charge in [-0.1, -0.05) is 13.8 Å². The Morgan fingerprint density at radius 3 is 2.81 bits per heavy atom. The molecule has 0 aliphatic carbocycles.